The lowest BCUT2D eigenvalue weighted by molar-refractivity contribution is -0.121. The highest BCUT2D eigenvalue weighted by atomic mass is 35.6. The zero-order valence-electron chi connectivity index (χ0n) is 9.21. The van der Waals surface area contributed by atoms with Crippen molar-refractivity contribution in [2.45, 2.75) is 23.3 Å². The van der Waals surface area contributed by atoms with Crippen LogP contribution in [0, 0.1) is 0 Å². The highest BCUT2D eigenvalue weighted by molar-refractivity contribution is 6.68. The first-order valence-corrected chi connectivity index (χ1v) is 6.24. The highest BCUT2D eigenvalue weighted by Gasteiger charge is 2.33. The van der Waals surface area contributed by atoms with Gasteiger partial charge in [0.1, 0.15) is 6.17 Å². The zero-order chi connectivity index (χ0) is 12.9. The lowest BCUT2D eigenvalue weighted by Gasteiger charge is -2.27. The van der Waals surface area contributed by atoms with Gasteiger partial charge >= 0.3 is 0 Å². The van der Waals surface area contributed by atoms with Crippen LogP contribution in [0.25, 0.3) is 0 Å². The Morgan fingerprint density at radius 3 is 2.35 bits per heavy atom. The van der Waals surface area contributed by atoms with E-state index in [0.29, 0.717) is 6.42 Å². The van der Waals surface area contributed by atoms with Crippen molar-refractivity contribution in [3.05, 3.63) is 30.3 Å². The summed E-state index contributed by atoms with van der Waals surface area (Å²) in [6, 6.07) is 9.21. The third kappa shape index (κ3) is 5.02. The predicted octanol–water partition coefficient (Wildman–Crippen LogP) is 3.32. The van der Waals surface area contributed by atoms with E-state index in [1.54, 1.807) is 6.92 Å². The summed E-state index contributed by atoms with van der Waals surface area (Å²) in [6.07, 6.45) is -0.449. The third-order valence-corrected chi connectivity index (χ3v) is 2.69. The van der Waals surface area contributed by atoms with Crippen molar-refractivity contribution in [3.8, 4) is 0 Å². The maximum Gasteiger partial charge on any atom is 0.228 e. The number of rotatable bonds is 4. The second-order valence-electron chi connectivity index (χ2n) is 3.41. The molecule has 0 saturated carbocycles. The third-order valence-electron chi connectivity index (χ3n) is 2.04. The number of benzene rings is 1. The molecule has 1 amide bonds. The Hall–Kier alpha value is -0.640. The largest absolute Gasteiger partial charge is 0.362 e. The lowest BCUT2D eigenvalue weighted by atomic mass is 10.3. The minimum atomic E-state index is -1.62. The van der Waals surface area contributed by atoms with Gasteiger partial charge in [0.2, 0.25) is 9.70 Å². The molecule has 1 unspecified atom stereocenters. The average molecular weight is 296 g/mol. The van der Waals surface area contributed by atoms with Crippen molar-refractivity contribution in [2.75, 3.05) is 5.32 Å². The van der Waals surface area contributed by atoms with Crippen molar-refractivity contribution in [1.82, 2.24) is 5.32 Å². The van der Waals surface area contributed by atoms with E-state index in [1.807, 2.05) is 30.3 Å². The quantitative estimate of drug-likeness (QED) is 0.661. The van der Waals surface area contributed by atoms with E-state index >= 15 is 0 Å². The molecule has 0 aliphatic heterocycles. The molecule has 1 atom stereocenters. The Kier molecular flexibility index (Phi) is 5.37. The number of hydrogen-bond donors (Lipinski definition) is 2. The van der Waals surface area contributed by atoms with Crippen molar-refractivity contribution in [1.29, 1.82) is 0 Å². The van der Waals surface area contributed by atoms with Gasteiger partial charge in [0, 0.05) is 12.1 Å². The topological polar surface area (TPSA) is 41.1 Å². The fourth-order valence-corrected chi connectivity index (χ4v) is 1.49. The Labute approximate surface area is 115 Å². The molecule has 3 nitrogen and oxygen atoms in total. The average Bonchev–Trinajstić information content (AvgIpc) is 2.28. The van der Waals surface area contributed by atoms with Gasteiger partial charge in [-0.15, -0.1) is 0 Å². The summed E-state index contributed by atoms with van der Waals surface area (Å²) in [4.78, 5) is 11.3. The Morgan fingerprint density at radius 2 is 1.88 bits per heavy atom. The highest BCUT2D eigenvalue weighted by Crippen LogP contribution is 2.31. The minimum absolute atomic E-state index is 0.190. The van der Waals surface area contributed by atoms with Gasteiger partial charge < -0.3 is 10.6 Å². The SMILES string of the molecule is CCC(=O)NC(Nc1ccccc1)C(Cl)(Cl)Cl. The number of amides is 1. The van der Waals surface area contributed by atoms with Gasteiger partial charge in [0.15, 0.2) is 0 Å². The number of carbonyl (C=O) groups excluding carboxylic acids is 1. The van der Waals surface area contributed by atoms with E-state index in [4.69, 9.17) is 34.8 Å². The molecule has 0 aromatic heterocycles. The number of nitrogens with one attached hydrogen (secondary N) is 2. The minimum Gasteiger partial charge on any atom is -0.362 e. The van der Waals surface area contributed by atoms with Crippen molar-refractivity contribution in [3.63, 3.8) is 0 Å². The summed E-state index contributed by atoms with van der Waals surface area (Å²) in [7, 11) is 0. The molecule has 17 heavy (non-hydrogen) atoms. The fourth-order valence-electron chi connectivity index (χ4n) is 1.16. The van der Waals surface area contributed by atoms with Crippen LogP contribution in [0.15, 0.2) is 30.3 Å². The van der Waals surface area contributed by atoms with Crippen LogP contribution >= 0.6 is 34.8 Å². The first-order chi connectivity index (χ1) is 7.93. The number of para-hydroxylation sites is 1. The summed E-state index contributed by atoms with van der Waals surface area (Å²) >= 11 is 17.4. The molecule has 1 aromatic carbocycles. The molecular weight excluding hydrogens is 282 g/mol. The number of halogens is 3. The van der Waals surface area contributed by atoms with E-state index in [0.717, 1.165) is 5.69 Å². The van der Waals surface area contributed by atoms with Crippen LogP contribution in [-0.4, -0.2) is 15.9 Å². The van der Waals surface area contributed by atoms with Gasteiger partial charge in [0.25, 0.3) is 0 Å². The molecule has 0 spiro atoms. The van der Waals surface area contributed by atoms with Gasteiger partial charge in [-0.05, 0) is 12.1 Å². The molecule has 6 heteroatoms. The summed E-state index contributed by atoms with van der Waals surface area (Å²) in [5.74, 6) is -0.190. The normalized spacial score (nSPS) is 12.9. The standard InChI is InChI=1S/C11H13Cl3N2O/c1-2-9(17)16-10(11(12,13)14)15-8-6-4-3-5-7-8/h3-7,10,15H,2H2,1H3,(H,16,17). The molecule has 0 bridgehead atoms. The molecule has 94 valence electrons. The van der Waals surface area contributed by atoms with Crippen LogP contribution in [0.4, 0.5) is 5.69 Å². The maximum absolute atomic E-state index is 11.3. The monoisotopic (exact) mass is 294 g/mol. The molecule has 0 saturated heterocycles. The number of anilines is 1. The first-order valence-electron chi connectivity index (χ1n) is 5.11. The number of carbonyl (C=O) groups is 1. The number of alkyl halides is 3. The smallest absolute Gasteiger partial charge is 0.228 e. The fraction of sp³-hybridized carbons (Fsp3) is 0.364. The van der Waals surface area contributed by atoms with E-state index in [-0.39, 0.29) is 5.91 Å². The van der Waals surface area contributed by atoms with Gasteiger partial charge in [-0.3, -0.25) is 4.79 Å². The zero-order valence-corrected chi connectivity index (χ0v) is 11.5. The van der Waals surface area contributed by atoms with Crippen LogP contribution in [0.3, 0.4) is 0 Å². The maximum atomic E-state index is 11.3. The molecule has 0 aliphatic carbocycles. The van der Waals surface area contributed by atoms with Gasteiger partial charge in [0.05, 0.1) is 0 Å². The van der Waals surface area contributed by atoms with Crippen molar-refractivity contribution < 1.29 is 4.79 Å². The van der Waals surface area contributed by atoms with Crippen LogP contribution in [0.1, 0.15) is 13.3 Å². The van der Waals surface area contributed by atoms with Crippen molar-refractivity contribution >= 4 is 46.4 Å². The van der Waals surface area contributed by atoms with Crippen molar-refractivity contribution in [2.24, 2.45) is 0 Å². The van der Waals surface area contributed by atoms with E-state index in [9.17, 15) is 4.79 Å². The molecule has 1 aromatic rings. The number of hydrogen-bond acceptors (Lipinski definition) is 2. The van der Waals surface area contributed by atoms with Crippen LogP contribution < -0.4 is 10.6 Å². The summed E-state index contributed by atoms with van der Waals surface area (Å²) in [5, 5.41) is 5.57. The second kappa shape index (κ2) is 6.34. The second-order valence-corrected chi connectivity index (χ2v) is 5.77. The molecule has 0 radical (unpaired) electrons. The summed E-state index contributed by atoms with van der Waals surface area (Å²) < 4.78 is -1.62. The Bertz CT molecular complexity index is 365. The van der Waals surface area contributed by atoms with Crippen LogP contribution in [-0.2, 0) is 4.79 Å². The molecule has 0 heterocycles. The Balaban J connectivity index is 2.75. The molecule has 1 rings (SSSR count). The van der Waals surface area contributed by atoms with E-state index in [2.05, 4.69) is 10.6 Å². The molecule has 0 fully saturated rings. The Morgan fingerprint density at radius 1 is 1.29 bits per heavy atom. The molecular formula is C11H13Cl3N2O. The molecule has 2 N–H and O–H groups in total. The molecule has 0 aliphatic rings. The van der Waals surface area contributed by atoms with Crippen LogP contribution in [0.5, 0.6) is 0 Å². The van der Waals surface area contributed by atoms with E-state index < -0.39 is 9.96 Å². The van der Waals surface area contributed by atoms with Crippen LogP contribution in [0.2, 0.25) is 0 Å². The first kappa shape index (κ1) is 14.4. The summed E-state index contributed by atoms with van der Waals surface area (Å²) in [5.41, 5.74) is 0.764. The van der Waals surface area contributed by atoms with Gasteiger partial charge in [-0.2, -0.15) is 0 Å². The lowest BCUT2D eigenvalue weighted by Crippen LogP contribution is -2.48. The van der Waals surface area contributed by atoms with E-state index in [1.165, 1.54) is 0 Å². The van der Waals surface area contributed by atoms with Gasteiger partial charge in [-0.1, -0.05) is 59.9 Å². The van der Waals surface area contributed by atoms with Gasteiger partial charge in [-0.25, -0.2) is 0 Å². The predicted molar refractivity (Wildman–Crippen MR) is 72.6 cm³/mol. The summed E-state index contributed by atoms with van der Waals surface area (Å²) in [6.45, 7) is 1.73.